The van der Waals surface area contributed by atoms with Gasteiger partial charge in [0, 0.05) is 10.7 Å². The minimum Gasteiger partial charge on any atom is -0.449 e. The molecule has 1 unspecified atom stereocenters. The Kier molecular flexibility index (Phi) is 6.22. The first kappa shape index (κ1) is 23.2. The maximum atomic E-state index is 13.1. The number of benzene rings is 3. The van der Waals surface area contributed by atoms with Gasteiger partial charge in [-0.1, -0.05) is 29.8 Å². The molecule has 1 aliphatic heterocycles. The molecule has 0 aromatic heterocycles. The number of esters is 1. The summed E-state index contributed by atoms with van der Waals surface area (Å²) in [4.78, 5) is 52.2. The minimum atomic E-state index is -1.11. The highest BCUT2D eigenvalue weighted by atomic mass is 35.5. The summed E-state index contributed by atoms with van der Waals surface area (Å²) in [5.74, 6) is -2.30. The van der Waals surface area contributed by atoms with E-state index in [0.29, 0.717) is 16.4 Å². The van der Waals surface area contributed by atoms with Crippen molar-refractivity contribution in [3.63, 3.8) is 0 Å². The van der Waals surface area contributed by atoms with E-state index in [1.54, 1.807) is 30.3 Å². The van der Waals surface area contributed by atoms with Crippen LogP contribution in [-0.4, -0.2) is 29.8 Å². The van der Waals surface area contributed by atoms with Gasteiger partial charge in [0.1, 0.15) is 0 Å². The highest BCUT2D eigenvalue weighted by molar-refractivity contribution is 6.35. The van der Waals surface area contributed by atoms with E-state index in [-0.39, 0.29) is 16.7 Å². The fourth-order valence-electron chi connectivity index (χ4n) is 3.64. The SMILES string of the molecule is Cc1ccc(C)c(N2C(=O)c3ccc(C(=O)OC(C)C(=O)Nc4cccc(Cl)c4)cc3C2=O)c1. The van der Waals surface area contributed by atoms with Gasteiger partial charge in [0.25, 0.3) is 17.7 Å². The fourth-order valence-corrected chi connectivity index (χ4v) is 3.83. The van der Waals surface area contributed by atoms with Crippen molar-refractivity contribution in [3.8, 4) is 0 Å². The number of nitrogens with one attached hydrogen (secondary N) is 1. The molecule has 0 fully saturated rings. The van der Waals surface area contributed by atoms with Crippen LogP contribution in [-0.2, 0) is 9.53 Å². The standard InChI is InChI=1S/C26H21ClN2O5/c1-14-7-8-15(2)22(11-14)29-24(31)20-10-9-17(12-21(20)25(29)32)26(33)34-16(3)23(30)28-19-6-4-5-18(27)13-19/h4-13,16H,1-3H3,(H,28,30). The van der Waals surface area contributed by atoms with Crippen LogP contribution in [0.3, 0.4) is 0 Å². The molecule has 0 radical (unpaired) electrons. The average Bonchev–Trinajstić information content (AvgIpc) is 3.04. The number of aryl methyl sites for hydroxylation is 2. The third-order valence-corrected chi connectivity index (χ3v) is 5.71. The van der Waals surface area contributed by atoms with E-state index in [1.807, 2.05) is 26.0 Å². The van der Waals surface area contributed by atoms with Crippen molar-refractivity contribution in [2.75, 3.05) is 10.2 Å². The van der Waals surface area contributed by atoms with Crippen LogP contribution >= 0.6 is 11.6 Å². The molecular formula is C26H21ClN2O5. The number of carbonyl (C=O) groups is 4. The molecule has 0 aliphatic carbocycles. The number of ether oxygens (including phenoxy) is 1. The van der Waals surface area contributed by atoms with E-state index in [9.17, 15) is 19.2 Å². The highest BCUT2D eigenvalue weighted by Gasteiger charge is 2.38. The lowest BCUT2D eigenvalue weighted by molar-refractivity contribution is -0.123. The second-order valence-corrected chi connectivity index (χ2v) is 8.48. The van der Waals surface area contributed by atoms with Crippen molar-refractivity contribution in [1.82, 2.24) is 0 Å². The van der Waals surface area contributed by atoms with E-state index in [2.05, 4.69) is 5.32 Å². The molecule has 1 atom stereocenters. The Morgan fingerprint density at radius 1 is 0.941 bits per heavy atom. The van der Waals surface area contributed by atoms with Gasteiger partial charge in [-0.05, 0) is 74.4 Å². The van der Waals surface area contributed by atoms with E-state index >= 15 is 0 Å². The van der Waals surface area contributed by atoms with Crippen LogP contribution in [0, 0.1) is 13.8 Å². The second-order valence-electron chi connectivity index (χ2n) is 8.04. The average molecular weight is 477 g/mol. The molecule has 8 heteroatoms. The molecule has 0 saturated carbocycles. The highest BCUT2D eigenvalue weighted by Crippen LogP contribution is 2.32. The van der Waals surface area contributed by atoms with Crippen LogP contribution in [0.2, 0.25) is 5.02 Å². The van der Waals surface area contributed by atoms with Crippen LogP contribution in [0.25, 0.3) is 0 Å². The second kappa shape index (κ2) is 9.11. The topological polar surface area (TPSA) is 92.8 Å². The molecular weight excluding hydrogens is 456 g/mol. The van der Waals surface area contributed by atoms with Gasteiger partial charge in [-0.2, -0.15) is 0 Å². The summed E-state index contributed by atoms with van der Waals surface area (Å²) in [7, 11) is 0. The zero-order valence-electron chi connectivity index (χ0n) is 18.7. The third kappa shape index (κ3) is 4.43. The molecule has 0 bridgehead atoms. The van der Waals surface area contributed by atoms with Gasteiger partial charge in [0.15, 0.2) is 6.10 Å². The number of fused-ring (bicyclic) bond motifs is 1. The summed E-state index contributed by atoms with van der Waals surface area (Å²) < 4.78 is 5.28. The van der Waals surface area contributed by atoms with Crippen molar-refractivity contribution in [2.45, 2.75) is 26.9 Å². The molecule has 3 aromatic carbocycles. The van der Waals surface area contributed by atoms with E-state index in [0.717, 1.165) is 16.0 Å². The fraction of sp³-hybridized carbons (Fsp3) is 0.154. The lowest BCUT2D eigenvalue weighted by Gasteiger charge is -2.17. The molecule has 1 heterocycles. The Morgan fingerprint density at radius 3 is 2.41 bits per heavy atom. The number of nitrogens with zero attached hydrogens (tertiary/aromatic N) is 1. The molecule has 172 valence electrons. The number of hydrogen-bond donors (Lipinski definition) is 1. The molecule has 3 aromatic rings. The Labute approximate surface area is 201 Å². The number of imide groups is 1. The van der Waals surface area contributed by atoms with Crippen LogP contribution in [0.1, 0.15) is 49.1 Å². The predicted molar refractivity (Wildman–Crippen MR) is 128 cm³/mol. The number of amides is 3. The van der Waals surface area contributed by atoms with Crippen LogP contribution in [0.15, 0.2) is 60.7 Å². The van der Waals surface area contributed by atoms with Gasteiger partial charge in [-0.25, -0.2) is 9.69 Å². The van der Waals surface area contributed by atoms with Crippen LogP contribution in [0.5, 0.6) is 0 Å². The molecule has 7 nitrogen and oxygen atoms in total. The molecule has 1 aliphatic rings. The maximum Gasteiger partial charge on any atom is 0.338 e. The Bertz CT molecular complexity index is 1350. The van der Waals surface area contributed by atoms with Gasteiger partial charge >= 0.3 is 5.97 Å². The van der Waals surface area contributed by atoms with Crippen molar-refractivity contribution < 1.29 is 23.9 Å². The van der Waals surface area contributed by atoms with Gasteiger partial charge in [0.05, 0.1) is 22.4 Å². The number of carbonyl (C=O) groups excluding carboxylic acids is 4. The van der Waals surface area contributed by atoms with Crippen molar-refractivity contribution in [2.24, 2.45) is 0 Å². The Morgan fingerprint density at radius 2 is 1.68 bits per heavy atom. The lowest BCUT2D eigenvalue weighted by atomic mass is 10.1. The first-order chi connectivity index (χ1) is 16.2. The minimum absolute atomic E-state index is 0.0603. The smallest absolute Gasteiger partial charge is 0.338 e. The first-order valence-electron chi connectivity index (χ1n) is 10.5. The van der Waals surface area contributed by atoms with Crippen molar-refractivity contribution in [1.29, 1.82) is 0 Å². The van der Waals surface area contributed by atoms with Gasteiger partial charge in [-0.3, -0.25) is 14.4 Å². The monoisotopic (exact) mass is 476 g/mol. The molecule has 0 spiro atoms. The molecule has 3 amide bonds. The number of anilines is 2. The van der Waals surface area contributed by atoms with E-state index < -0.39 is 29.8 Å². The number of rotatable bonds is 5. The normalized spacial score (nSPS) is 13.5. The zero-order chi connectivity index (χ0) is 24.6. The van der Waals surface area contributed by atoms with Gasteiger partial charge in [0.2, 0.25) is 0 Å². The maximum absolute atomic E-state index is 13.1. The zero-order valence-corrected chi connectivity index (χ0v) is 19.5. The summed E-state index contributed by atoms with van der Waals surface area (Å²) in [6, 6.07) is 16.2. The summed E-state index contributed by atoms with van der Waals surface area (Å²) in [5, 5.41) is 3.08. The van der Waals surface area contributed by atoms with Gasteiger partial charge in [-0.15, -0.1) is 0 Å². The summed E-state index contributed by atoms with van der Waals surface area (Å²) >= 11 is 5.91. The number of halogens is 1. The Hall–Kier alpha value is -3.97. The third-order valence-electron chi connectivity index (χ3n) is 5.47. The first-order valence-corrected chi connectivity index (χ1v) is 10.9. The van der Waals surface area contributed by atoms with Crippen molar-refractivity contribution in [3.05, 3.63) is 93.5 Å². The van der Waals surface area contributed by atoms with E-state index in [4.69, 9.17) is 16.3 Å². The van der Waals surface area contributed by atoms with Crippen LogP contribution in [0.4, 0.5) is 11.4 Å². The van der Waals surface area contributed by atoms with E-state index in [1.165, 1.54) is 25.1 Å². The molecule has 0 saturated heterocycles. The Balaban J connectivity index is 1.51. The summed E-state index contributed by atoms with van der Waals surface area (Å²) in [5.41, 5.74) is 3.02. The molecule has 4 rings (SSSR count). The molecule has 1 N–H and O–H groups in total. The summed E-state index contributed by atoms with van der Waals surface area (Å²) in [6.45, 7) is 5.12. The quantitative estimate of drug-likeness (QED) is 0.416. The number of hydrogen-bond acceptors (Lipinski definition) is 5. The molecule has 34 heavy (non-hydrogen) atoms. The largest absolute Gasteiger partial charge is 0.449 e. The van der Waals surface area contributed by atoms with Gasteiger partial charge < -0.3 is 10.1 Å². The predicted octanol–water partition coefficient (Wildman–Crippen LogP) is 4.94. The lowest BCUT2D eigenvalue weighted by Crippen LogP contribution is -2.30. The van der Waals surface area contributed by atoms with Crippen molar-refractivity contribution >= 4 is 46.7 Å². The van der Waals surface area contributed by atoms with Crippen LogP contribution < -0.4 is 10.2 Å². The summed E-state index contributed by atoms with van der Waals surface area (Å²) in [6.07, 6.45) is -1.11.